The second kappa shape index (κ2) is 8.37. The molecule has 3 heterocycles. The Balaban J connectivity index is 1.54. The molecule has 33 heavy (non-hydrogen) atoms. The topological polar surface area (TPSA) is 93.8 Å². The average molecular weight is 459 g/mol. The highest BCUT2D eigenvalue weighted by molar-refractivity contribution is 7.98. The van der Waals surface area contributed by atoms with Crippen LogP contribution in [-0.2, 0) is 5.75 Å². The van der Waals surface area contributed by atoms with Gasteiger partial charge in [0.15, 0.2) is 10.8 Å². The first-order chi connectivity index (χ1) is 15.9. The fourth-order valence-corrected chi connectivity index (χ4v) is 4.85. The van der Waals surface area contributed by atoms with Gasteiger partial charge in [0.05, 0.1) is 11.9 Å². The largest absolute Gasteiger partial charge is 0.423 e. The van der Waals surface area contributed by atoms with Crippen molar-refractivity contribution in [3.8, 4) is 5.69 Å². The van der Waals surface area contributed by atoms with Crippen LogP contribution >= 0.6 is 11.8 Å². The van der Waals surface area contributed by atoms with E-state index < -0.39 is 5.63 Å². The molecule has 0 aliphatic carbocycles. The first-order valence-corrected chi connectivity index (χ1v) is 11.6. The summed E-state index contributed by atoms with van der Waals surface area (Å²) in [5, 5.41) is 6.12. The van der Waals surface area contributed by atoms with E-state index in [1.165, 1.54) is 29.6 Å². The molecule has 7 nitrogen and oxygen atoms in total. The third-order valence-corrected chi connectivity index (χ3v) is 6.54. The molecule has 0 radical (unpaired) electrons. The maximum Gasteiger partial charge on any atom is 0.336 e. The van der Waals surface area contributed by atoms with Crippen molar-refractivity contribution in [2.75, 3.05) is 0 Å². The van der Waals surface area contributed by atoms with Crippen LogP contribution in [0.15, 0.2) is 73.9 Å². The van der Waals surface area contributed by atoms with Crippen LogP contribution in [0.4, 0.5) is 0 Å². The van der Waals surface area contributed by atoms with Crippen LogP contribution in [-0.4, -0.2) is 19.7 Å². The van der Waals surface area contributed by atoms with E-state index in [1.54, 1.807) is 4.68 Å². The van der Waals surface area contributed by atoms with E-state index in [4.69, 9.17) is 4.42 Å². The number of nitrogens with zero attached hydrogens (tertiary/aromatic N) is 3. The number of hydrogen-bond donors (Lipinski definition) is 1. The van der Waals surface area contributed by atoms with Crippen LogP contribution in [0.25, 0.3) is 27.7 Å². The molecular formula is C25H22N4O3S. The minimum atomic E-state index is -0.395. The van der Waals surface area contributed by atoms with Crippen molar-refractivity contribution in [3.05, 3.63) is 92.2 Å². The van der Waals surface area contributed by atoms with Gasteiger partial charge in [0.2, 0.25) is 0 Å². The highest BCUT2D eigenvalue weighted by Crippen LogP contribution is 2.30. The van der Waals surface area contributed by atoms with E-state index >= 15 is 0 Å². The Morgan fingerprint density at radius 1 is 1.09 bits per heavy atom. The third-order valence-electron chi connectivity index (χ3n) is 5.62. The number of fused-ring (bicyclic) bond motifs is 2. The highest BCUT2D eigenvalue weighted by atomic mass is 32.2. The fourth-order valence-electron chi connectivity index (χ4n) is 4.00. The van der Waals surface area contributed by atoms with Gasteiger partial charge in [0, 0.05) is 17.2 Å². The first-order valence-electron chi connectivity index (χ1n) is 10.6. The van der Waals surface area contributed by atoms with Gasteiger partial charge in [-0.05, 0) is 53.8 Å². The zero-order valence-corrected chi connectivity index (χ0v) is 19.3. The van der Waals surface area contributed by atoms with Crippen LogP contribution in [0.1, 0.15) is 36.5 Å². The van der Waals surface area contributed by atoms with E-state index in [2.05, 4.69) is 35.0 Å². The molecule has 0 aliphatic rings. The Hall–Kier alpha value is -3.65. The average Bonchev–Trinajstić information content (AvgIpc) is 3.22. The number of aromatic nitrogens is 4. The molecule has 0 bridgehead atoms. The van der Waals surface area contributed by atoms with Crippen molar-refractivity contribution in [1.82, 2.24) is 19.7 Å². The van der Waals surface area contributed by atoms with E-state index in [0.29, 0.717) is 33.4 Å². The van der Waals surface area contributed by atoms with Crippen LogP contribution in [0.5, 0.6) is 0 Å². The molecule has 0 spiro atoms. The van der Waals surface area contributed by atoms with Crippen molar-refractivity contribution in [3.63, 3.8) is 0 Å². The Morgan fingerprint density at radius 2 is 1.88 bits per heavy atom. The van der Waals surface area contributed by atoms with Crippen LogP contribution < -0.4 is 11.2 Å². The van der Waals surface area contributed by atoms with Gasteiger partial charge in [-0.1, -0.05) is 43.8 Å². The van der Waals surface area contributed by atoms with E-state index in [0.717, 1.165) is 22.2 Å². The molecule has 2 aromatic carbocycles. The number of H-pyrrole nitrogens is 1. The summed E-state index contributed by atoms with van der Waals surface area (Å²) in [6.07, 6.45) is 1.52. The number of aromatic amines is 1. The number of benzene rings is 2. The van der Waals surface area contributed by atoms with Crippen molar-refractivity contribution in [1.29, 1.82) is 0 Å². The lowest BCUT2D eigenvalue weighted by Crippen LogP contribution is -2.10. The molecule has 0 atom stereocenters. The van der Waals surface area contributed by atoms with Crippen molar-refractivity contribution >= 4 is 33.8 Å². The smallest absolute Gasteiger partial charge is 0.336 e. The molecule has 1 N–H and O–H groups in total. The van der Waals surface area contributed by atoms with Gasteiger partial charge < -0.3 is 9.40 Å². The first kappa shape index (κ1) is 21.2. The number of thioether (sulfide) groups is 1. The fraction of sp³-hybridized carbons (Fsp3) is 0.200. The predicted molar refractivity (Wildman–Crippen MR) is 130 cm³/mol. The monoisotopic (exact) mass is 458 g/mol. The maximum absolute atomic E-state index is 12.7. The molecule has 5 rings (SSSR count). The molecule has 3 aromatic heterocycles. The molecular weight excluding hydrogens is 436 g/mol. The predicted octanol–water partition coefficient (Wildman–Crippen LogP) is 4.94. The Kier molecular flexibility index (Phi) is 5.38. The van der Waals surface area contributed by atoms with Crippen molar-refractivity contribution in [2.45, 2.75) is 37.6 Å². The Bertz CT molecular complexity index is 1600. The van der Waals surface area contributed by atoms with E-state index in [-0.39, 0.29) is 5.56 Å². The molecule has 0 unspecified atom stereocenters. The quantitative estimate of drug-likeness (QED) is 0.228. The molecule has 8 heteroatoms. The Morgan fingerprint density at radius 3 is 2.64 bits per heavy atom. The molecule has 0 aliphatic heterocycles. The summed E-state index contributed by atoms with van der Waals surface area (Å²) in [4.78, 5) is 32.3. The third kappa shape index (κ3) is 3.98. The van der Waals surface area contributed by atoms with E-state index in [9.17, 15) is 9.59 Å². The summed E-state index contributed by atoms with van der Waals surface area (Å²) in [5.41, 5.74) is 4.38. The summed E-state index contributed by atoms with van der Waals surface area (Å²) in [6.45, 7) is 6.30. The number of para-hydroxylation sites is 1. The molecule has 166 valence electrons. The van der Waals surface area contributed by atoms with Gasteiger partial charge in [-0.15, -0.1) is 0 Å². The van der Waals surface area contributed by atoms with Gasteiger partial charge in [0.25, 0.3) is 5.56 Å². The van der Waals surface area contributed by atoms with Gasteiger partial charge >= 0.3 is 5.63 Å². The van der Waals surface area contributed by atoms with Gasteiger partial charge in [-0.2, -0.15) is 5.10 Å². The molecule has 0 saturated heterocycles. The van der Waals surface area contributed by atoms with Gasteiger partial charge in [-0.25, -0.2) is 14.5 Å². The minimum absolute atomic E-state index is 0.250. The summed E-state index contributed by atoms with van der Waals surface area (Å²) < 4.78 is 7.10. The zero-order chi connectivity index (χ0) is 23.1. The summed E-state index contributed by atoms with van der Waals surface area (Å²) in [7, 11) is 0. The maximum atomic E-state index is 12.7. The molecule has 0 fully saturated rings. The van der Waals surface area contributed by atoms with Crippen molar-refractivity contribution in [2.24, 2.45) is 0 Å². The van der Waals surface area contributed by atoms with Crippen LogP contribution in [0, 0.1) is 6.92 Å². The summed E-state index contributed by atoms with van der Waals surface area (Å²) >= 11 is 1.36. The van der Waals surface area contributed by atoms with Crippen LogP contribution in [0.3, 0.4) is 0 Å². The lowest BCUT2D eigenvalue weighted by molar-refractivity contribution is 0.559. The van der Waals surface area contributed by atoms with Gasteiger partial charge in [-0.3, -0.25) is 4.79 Å². The molecule has 0 amide bonds. The lowest BCUT2D eigenvalue weighted by Gasteiger charge is -2.13. The van der Waals surface area contributed by atoms with Crippen molar-refractivity contribution < 1.29 is 4.42 Å². The lowest BCUT2D eigenvalue weighted by atomic mass is 9.95. The summed E-state index contributed by atoms with van der Waals surface area (Å²) in [6, 6.07) is 15.1. The Labute approximate surface area is 193 Å². The SMILES string of the molecule is Cc1cc2oc(=O)cc(CSc3nc4c(cnn4-c4ccccc4)c(=O)[nH]3)c2cc1C(C)C. The van der Waals surface area contributed by atoms with Crippen LogP contribution in [0.2, 0.25) is 0 Å². The molecule has 5 aromatic rings. The normalized spacial score (nSPS) is 11.6. The summed E-state index contributed by atoms with van der Waals surface area (Å²) in [5.74, 6) is 0.803. The second-order valence-corrected chi connectivity index (χ2v) is 9.20. The number of hydrogen-bond acceptors (Lipinski definition) is 6. The zero-order valence-electron chi connectivity index (χ0n) is 18.5. The van der Waals surface area contributed by atoms with Gasteiger partial charge in [0.1, 0.15) is 11.0 Å². The minimum Gasteiger partial charge on any atom is -0.423 e. The number of aryl methyl sites for hydroxylation is 1. The second-order valence-electron chi connectivity index (χ2n) is 8.24. The molecule has 0 saturated carbocycles. The van der Waals surface area contributed by atoms with E-state index in [1.807, 2.05) is 43.3 Å². The highest BCUT2D eigenvalue weighted by Gasteiger charge is 2.14. The number of rotatable bonds is 5. The standard InChI is InChI=1S/C25H22N4O3S/c1-14(2)18-11-19-16(10-22(30)32-21(19)9-15(18)3)13-33-25-27-23-20(24(31)28-25)12-26-29(23)17-7-5-4-6-8-17/h4-12,14H,13H2,1-3H3,(H,27,28,31). The number of nitrogens with one attached hydrogen (secondary N) is 1.